The van der Waals surface area contributed by atoms with E-state index >= 15 is 0 Å². The largest absolute Gasteiger partial charge is 0.478 e. The van der Waals surface area contributed by atoms with Crippen molar-refractivity contribution in [3.63, 3.8) is 0 Å². The van der Waals surface area contributed by atoms with Crippen LogP contribution >= 0.6 is 0 Å². The second-order valence-corrected chi connectivity index (χ2v) is 2.81. The SMILES string of the molecule is O=C(O)/C=C/c1nc2cccc(F)c2o1. The molecule has 4 nitrogen and oxygen atoms in total. The van der Waals surface area contributed by atoms with Crippen molar-refractivity contribution in [1.29, 1.82) is 0 Å². The molecule has 1 aromatic carbocycles. The fraction of sp³-hybridized carbons (Fsp3) is 0. The molecule has 5 heteroatoms. The standard InChI is InChI=1S/C10H6FNO3/c11-6-2-1-3-7-10(6)15-8(12-7)4-5-9(13)14/h1-5H,(H,13,14)/b5-4+. The van der Waals surface area contributed by atoms with E-state index in [9.17, 15) is 9.18 Å². The van der Waals surface area contributed by atoms with Crippen LogP contribution in [0.15, 0.2) is 28.7 Å². The number of benzene rings is 1. The van der Waals surface area contributed by atoms with Crippen LogP contribution in [-0.2, 0) is 4.79 Å². The van der Waals surface area contributed by atoms with E-state index < -0.39 is 11.8 Å². The maximum absolute atomic E-state index is 13.1. The number of fused-ring (bicyclic) bond motifs is 1. The second kappa shape index (κ2) is 3.53. The number of carbonyl (C=O) groups is 1. The zero-order valence-electron chi connectivity index (χ0n) is 7.48. The number of hydrogen-bond acceptors (Lipinski definition) is 3. The van der Waals surface area contributed by atoms with Gasteiger partial charge < -0.3 is 9.52 Å². The molecule has 2 aromatic rings. The van der Waals surface area contributed by atoms with Crippen LogP contribution in [0.5, 0.6) is 0 Å². The lowest BCUT2D eigenvalue weighted by Gasteiger charge is -1.85. The summed E-state index contributed by atoms with van der Waals surface area (Å²) in [5, 5.41) is 8.37. The van der Waals surface area contributed by atoms with E-state index in [1.54, 1.807) is 6.07 Å². The van der Waals surface area contributed by atoms with E-state index in [1.807, 2.05) is 0 Å². The van der Waals surface area contributed by atoms with Gasteiger partial charge in [0.25, 0.3) is 0 Å². The smallest absolute Gasteiger partial charge is 0.328 e. The first-order valence-electron chi connectivity index (χ1n) is 4.13. The Bertz CT molecular complexity index is 545. The summed E-state index contributed by atoms with van der Waals surface area (Å²) in [5.74, 6) is -1.56. The molecule has 0 saturated carbocycles. The Kier molecular flexibility index (Phi) is 2.21. The van der Waals surface area contributed by atoms with Crippen molar-refractivity contribution in [1.82, 2.24) is 4.98 Å². The summed E-state index contributed by atoms with van der Waals surface area (Å²) in [7, 11) is 0. The number of nitrogens with zero attached hydrogens (tertiary/aromatic N) is 1. The zero-order valence-corrected chi connectivity index (χ0v) is 7.48. The Morgan fingerprint density at radius 2 is 2.33 bits per heavy atom. The zero-order chi connectivity index (χ0) is 10.8. The fourth-order valence-electron chi connectivity index (χ4n) is 1.15. The predicted octanol–water partition coefficient (Wildman–Crippen LogP) is 2.06. The van der Waals surface area contributed by atoms with Gasteiger partial charge >= 0.3 is 5.97 Å². The summed E-state index contributed by atoms with van der Waals surface area (Å²) in [6.45, 7) is 0. The molecule has 0 radical (unpaired) electrons. The third kappa shape index (κ3) is 1.85. The van der Waals surface area contributed by atoms with Crippen LogP contribution in [0, 0.1) is 5.82 Å². The molecule has 0 aliphatic rings. The molecule has 0 spiro atoms. The van der Waals surface area contributed by atoms with Gasteiger partial charge in [-0.25, -0.2) is 14.2 Å². The highest BCUT2D eigenvalue weighted by Crippen LogP contribution is 2.19. The third-order valence-electron chi connectivity index (χ3n) is 1.75. The fourth-order valence-corrected chi connectivity index (χ4v) is 1.15. The minimum absolute atomic E-state index is 0.0301. The van der Waals surface area contributed by atoms with Gasteiger partial charge in [0.05, 0.1) is 0 Å². The van der Waals surface area contributed by atoms with Gasteiger partial charge in [0.1, 0.15) is 5.52 Å². The molecule has 0 fully saturated rings. The number of oxazole rings is 1. The maximum atomic E-state index is 13.1. The van der Waals surface area contributed by atoms with Crippen molar-refractivity contribution < 1.29 is 18.7 Å². The molecule has 0 atom stereocenters. The second-order valence-electron chi connectivity index (χ2n) is 2.81. The molecule has 0 bridgehead atoms. The van der Waals surface area contributed by atoms with Gasteiger partial charge in [-0.2, -0.15) is 0 Å². The van der Waals surface area contributed by atoms with E-state index in [4.69, 9.17) is 9.52 Å². The number of aliphatic carboxylic acids is 1. The molecule has 0 aliphatic heterocycles. The van der Waals surface area contributed by atoms with Gasteiger partial charge in [0.15, 0.2) is 11.4 Å². The summed E-state index contributed by atoms with van der Waals surface area (Å²) in [5.41, 5.74) is 0.391. The minimum Gasteiger partial charge on any atom is -0.478 e. The Morgan fingerprint density at radius 1 is 1.53 bits per heavy atom. The first kappa shape index (κ1) is 9.39. The van der Waals surface area contributed by atoms with Crippen LogP contribution in [0.4, 0.5) is 4.39 Å². The Labute approximate surface area is 83.7 Å². The van der Waals surface area contributed by atoms with Crippen LogP contribution in [-0.4, -0.2) is 16.1 Å². The monoisotopic (exact) mass is 207 g/mol. The molecule has 0 aliphatic carbocycles. The highest BCUT2D eigenvalue weighted by Gasteiger charge is 2.07. The molecular weight excluding hydrogens is 201 g/mol. The molecule has 2 rings (SSSR count). The Balaban J connectivity index is 2.48. The van der Waals surface area contributed by atoms with Gasteiger partial charge in [-0.1, -0.05) is 6.07 Å². The summed E-state index contributed by atoms with van der Waals surface area (Å²) in [6, 6.07) is 4.34. The maximum Gasteiger partial charge on any atom is 0.328 e. The number of hydrogen-bond donors (Lipinski definition) is 1. The molecule has 0 saturated heterocycles. The number of rotatable bonds is 2. The van der Waals surface area contributed by atoms with Gasteiger partial charge in [0, 0.05) is 12.2 Å². The van der Waals surface area contributed by atoms with Gasteiger partial charge in [-0.3, -0.25) is 0 Å². The molecule has 0 amide bonds. The van der Waals surface area contributed by atoms with Gasteiger partial charge in [-0.15, -0.1) is 0 Å². The normalized spacial score (nSPS) is 11.3. The molecule has 76 valence electrons. The quantitative estimate of drug-likeness (QED) is 0.765. The van der Waals surface area contributed by atoms with Crippen molar-refractivity contribution in [2.45, 2.75) is 0 Å². The number of aromatic nitrogens is 1. The van der Waals surface area contributed by atoms with Crippen molar-refractivity contribution >= 4 is 23.1 Å². The van der Waals surface area contributed by atoms with E-state index in [-0.39, 0.29) is 11.5 Å². The van der Waals surface area contributed by atoms with Crippen LogP contribution in [0.25, 0.3) is 17.2 Å². The molecular formula is C10H6FNO3. The van der Waals surface area contributed by atoms with Gasteiger partial charge in [-0.05, 0) is 12.1 Å². The van der Waals surface area contributed by atoms with Crippen LogP contribution < -0.4 is 0 Å². The molecule has 1 heterocycles. The summed E-state index contributed by atoms with van der Waals surface area (Å²) >= 11 is 0. The molecule has 15 heavy (non-hydrogen) atoms. The van der Waals surface area contributed by atoms with Crippen LogP contribution in [0.1, 0.15) is 5.89 Å². The summed E-state index contributed by atoms with van der Waals surface area (Å²) in [6.07, 6.45) is 2.05. The lowest BCUT2D eigenvalue weighted by Crippen LogP contribution is -1.85. The number of halogens is 1. The topological polar surface area (TPSA) is 63.3 Å². The van der Waals surface area contributed by atoms with E-state index in [0.29, 0.717) is 5.52 Å². The van der Waals surface area contributed by atoms with Crippen molar-refractivity contribution in [3.8, 4) is 0 Å². The van der Waals surface area contributed by atoms with Crippen LogP contribution in [0.2, 0.25) is 0 Å². The first-order chi connectivity index (χ1) is 7.16. The average Bonchev–Trinajstić information content (AvgIpc) is 2.59. The lowest BCUT2D eigenvalue weighted by molar-refractivity contribution is -0.131. The highest BCUT2D eigenvalue weighted by atomic mass is 19.1. The van der Waals surface area contributed by atoms with E-state index in [0.717, 1.165) is 6.08 Å². The van der Waals surface area contributed by atoms with Crippen molar-refractivity contribution in [2.24, 2.45) is 0 Å². The van der Waals surface area contributed by atoms with E-state index in [1.165, 1.54) is 18.2 Å². The summed E-state index contributed by atoms with van der Waals surface area (Å²) < 4.78 is 18.1. The highest BCUT2D eigenvalue weighted by molar-refractivity contribution is 5.85. The molecule has 1 N–H and O–H groups in total. The number of carboxylic acid groups (broad SMARTS) is 1. The Hall–Kier alpha value is -2.17. The molecule has 0 unspecified atom stereocenters. The van der Waals surface area contributed by atoms with Crippen molar-refractivity contribution in [3.05, 3.63) is 36.0 Å². The lowest BCUT2D eigenvalue weighted by atomic mass is 10.3. The number of carboxylic acids is 1. The first-order valence-corrected chi connectivity index (χ1v) is 4.13. The summed E-state index contributed by atoms with van der Waals surface area (Å²) in [4.78, 5) is 14.1. The minimum atomic E-state index is -1.11. The Morgan fingerprint density at radius 3 is 3.00 bits per heavy atom. The third-order valence-corrected chi connectivity index (χ3v) is 1.75. The molecule has 1 aromatic heterocycles. The average molecular weight is 207 g/mol. The predicted molar refractivity (Wildman–Crippen MR) is 50.6 cm³/mol. The van der Waals surface area contributed by atoms with Crippen LogP contribution in [0.3, 0.4) is 0 Å². The van der Waals surface area contributed by atoms with Crippen molar-refractivity contribution in [2.75, 3.05) is 0 Å². The number of para-hydroxylation sites is 1. The van der Waals surface area contributed by atoms with E-state index in [2.05, 4.69) is 4.98 Å². The van der Waals surface area contributed by atoms with Gasteiger partial charge in [0.2, 0.25) is 5.89 Å².